The lowest BCUT2D eigenvalue weighted by Crippen LogP contribution is -2.29. The van der Waals surface area contributed by atoms with E-state index >= 15 is 0 Å². The summed E-state index contributed by atoms with van der Waals surface area (Å²) < 4.78 is 0. The highest BCUT2D eigenvalue weighted by atomic mass is 31.1. The Morgan fingerprint density at radius 2 is 1.64 bits per heavy atom. The quantitative estimate of drug-likeness (QED) is 0.525. The van der Waals surface area contributed by atoms with E-state index in [-0.39, 0.29) is 0 Å². The number of hydrogen-bond acceptors (Lipinski definition) is 0. The first kappa shape index (κ1) is 7.55. The maximum atomic E-state index is 2.41. The van der Waals surface area contributed by atoms with E-state index in [0.717, 1.165) is 17.0 Å². The summed E-state index contributed by atoms with van der Waals surface area (Å²) >= 11 is 0. The van der Waals surface area contributed by atoms with Crippen LogP contribution in [0.2, 0.25) is 0 Å². The molecule has 0 N–H and O–H groups in total. The molecule has 0 bridgehead atoms. The molecule has 2 aliphatic rings. The third kappa shape index (κ3) is 1.18. The zero-order valence-corrected chi connectivity index (χ0v) is 8.09. The van der Waals surface area contributed by atoms with Crippen molar-refractivity contribution in [3.05, 3.63) is 24.3 Å². The smallest absolute Gasteiger partial charge is 0.0161 e. The summed E-state index contributed by atoms with van der Waals surface area (Å²) in [5.41, 5.74) is 2.85. The maximum Gasteiger partial charge on any atom is 0.0161 e. The van der Waals surface area contributed by atoms with Crippen LogP contribution in [-0.4, -0.2) is 17.0 Å². The SMILES string of the molecule is CC1CC(C)P1C1C=CC=C1. The number of rotatable bonds is 1. The highest BCUT2D eigenvalue weighted by Gasteiger charge is 2.37. The van der Waals surface area contributed by atoms with E-state index in [1.54, 1.807) is 0 Å². The average Bonchev–Trinajstić information content (AvgIpc) is 2.39. The van der Waals surface area contributed by atoms with Crippen molar-refractivity contribution in [1.29, 1.82) is 0 Å². The van der Waals surface area contributed by atoms with Crippen LogP contribution in [0.15, 0.2) is 24.3 Å². The predicted molar refractivity (Wildman–Crippen MR) is 52.5 cm³/mol. The molecule has 1 aliphatic carbocycles. The van der Waals surface area contributed by atoms with Crippen LogP contribution in [0.25, 0.3) is 0 Å². The van der Waals surface area contributed by atoms with E-state index < -0.39 is 0 Å². The van der Waals surface area contributed by atoms with Crippen molar-refractivity contribution in [3.63, 3.8) is 0 Å². The van der Waals surface area contributed by atoms with Gasteiger partial charge in [-0.15, -0.1) is 0 Å². The Balaban J connectivity index is 2.04. The summed E-state index contributed by atoms with van der Waals surface area (Å²) in [6.07, 6.45) is 10.6. The van der Waals surface area contributed by atoms with Crippen LogP contribution in [-0.2, 0) is 0 Å². The van der Waals surface area contributed by atoms with Gasteiger partial charge in [-0.2, -0.15) is 0 Å². The first-order valence-electron chi connectivity index (χ1n) is 4.41. The van der Waals surface area contributed by atoms with E-state index in [4.69, 9.17) is 0 Å². The fraction of sp³-hybridized carbons (Fsp3) is 0.600. The zero-order chi connectivity index (χ0) is 7.84. The van der Waals surface area contributed by atoms with Crippen LogP contribution in [0.5, 0.6) is 0 Å². The van der Waals surface area contributed by atoms with E-state index in [9.17, 15) is 0 Å². The summed E-state index contributed by atoms with van der Waals surface area (Å²) in [5, 5.41) is 0. The molecule has 0 aromatic carbocycles. The average molecular weight is 166 g/mol. The molecule has 2 atom stereocenters. The molecule has 1 heteroatoms. The Hall–Kier alpha value is -0.0900. The summed E-state index contributed by atoms with van der Waals surface area (Å²) in [4.78, 5) is 0. The monoisotopic (exact) mass is 166 g/mol. The summed E-state index contributed by atoms with van der Waals surface area (Å²) in [6, 6.07) is 0. The van der Waals surface area contributed by atoms with Gasteiger partial charge in [-0.1, -0.05) is 46.1 Å². The van der Waals surface area contributed by atoms with Crippen molar-refractivity contribution >= 4 is 7.92 Å². The fourth-order valence-corrected chi connectivity index (χ4v) is 5.61. The third-order valence-electron chi connectivity index (χ3n) is 2.77. The number of allylic oxidation sites excluding steroid dienone is 4. The molecule has 0 amide bonds. The van der Waals surface area contributed by atoms with Gasteiger partial charge >= 0.3 is 0 Å². The topological polar surface area (TPSA) is 0 Å². The van der Waals surface area contributed by atoms with Gasteiger partial charge < -0.3 is 0 Å². The lowest BCUT2D eigenvalue weighted by molar-refractivity contribution is 0.701. The van der Waals surface area contributed by atoms with Crippen molar-refractivity contribution in [2.24, 2.45) is 0 Å². The van der Waals surface area contributed by atoms with Crippen LogP contribution >= 0.6 is 7.92 Å². The minimum Gasteiger partial charge on any atom is -0.0898 e. The Morgan fingerprint density at radius 3 is 2.09 bits per heavy atom. The summed E-state index contributed by atoms with van der Waals surface area (Å²) in [7, 11) is 0.305. The first-order chi connectivity index (χ1) is 5.29. The second kappa shape index (κ2) is 2.75. The van der Waals surface area contributed by atoms with Crippen molar-refractivity contribution in [3.8, 4) is 0 Å². The van der Waals surface area contributed by atoms with Gasteiger partial charge in [0.1, 0.15) is 0 Å². The van der Waals surface area contributed by atoms with Crippen LogP contribution in [0.3, 0.4) is 0 Å². The van der Waals surface area contributed by atoms with Gasteiger partial charge in [0.25, 0.3) is 0 Å². The van der Waals surface area contributed by atoms with Crippen molar-refractivity contribution in [1.82, 2.24) is 0 Å². The van der Waals surface area contributed by atoms with Crippen LogP contribution < -0.4 is 0 Å². The lowest BCUT2D eigenvalue weighted by Gasteiger charge is -2.44. The van der Waals surface area contributed by atoms with E-state index in [0.29, 0.717) is 7.92 Å². The van der Waals surface area contributed by atoms with Crippen molar-refractivity contribution in [2.75, 3.05) is 0 Å². The molecular formula is C10H15P. The molecule has 0 nitrogen and oxygen atoms in total. The molecule has 11 heavy (non-hydrogen) atoms. The molecular weight excluding hydrogens is 151 g/mol. The molecule has 1 fully saturated rings. The second-order valence-electron chi connectivity index (χ2n) is 3.64. The molecule has 2 rings (SSSR count). The second-order valence-corrected chi connectivity index (χ2v) is 6.90. The Labute approximate surface area is 70.1 Å². The third-order valence-corrected chi connectivity index (χ3v) is 6.26. The van der Waals surface area contributed by atoms with Crippen molar-refractivity contribution in [2.45, 2.75) is 37.2 Å². The standard InChI is InChI=1S/C10H15P/c1-8-7-9(2)11(8)10-5-3-4-6-10/h3-6,8-10H,7H2,1-2H3. The van der Waals surface area contributed by atoms with E-state index in [1.165, 1.54) is 6.42 Å². The normalized spacial score (nSPS) is 42.9. The molecule has 1 saturated heterocycles. The molecule has 1 aliphatic heterocycles. The van der Waals surface area contributed by atoms with Gasteiger partial charge in [0.15, 0.2) is 0 Å². The van der Waals surface area contributed by atoms with E-state index in [1.807, 2.05) is 0 Å². The summed E-state index contributed by atoms with van der Waals surface area (Å²) in [6.45, 7) is 4.82. The fourth-order valence-electron chi connectivity index (χ4n) is 2.24. The summed E-state index contributed by atoms with van der Waals surface area (Å²) in [5.74, 6) is 0. The van der Waals surface area contributed by atoms with Gasteiger partial charge in [0, 0.05) is 5.66 Å². The van der Waals surface area contributed by atoms with Gasteiger partial charge in [-0.3, -0.25) is 0 Å². The minimum atomic E-state index is 0.305. The van der Waals surface area contributed by atoms with Crippen LogP contribution in [0.4, 0.5) is 0 Å². The van der Waals surface area contributed by atoms with Gasteiger partial charge in [-0.05, 0) is 17.7 Å². The number of hydrogen-bond donors (Lipinski definition) is 0. The van der Waals surface area contributed by atoms with Crippen molar-refractivity contribution < 1.29 is 0 Å². The Bertz CT molecular complexity index is 185. The zero-order valence-electron chi connectivity index (χ0n) is 7.20. The molecule has 0 aromatic heterocycles. The molecule has 60 valence electrons. The maximum absolute atomic E-state index is 2.41. The molecule has 1 heterocycles. The molecule has 0 radical (unpaired) electrons. The van der Waals surface area contributed by atoms with Gasteiger partial charge in [0.2, 0.25) is 0 Å². The molecule has 0 saturated carbocycles. The first-order valence-corrected chi connectivity index (χ1v) is 5.96. The highest BCUT2D eigenvalue weighted by Crippen LogP contribution is 2.63. The molecule has 2 unspecified atom stereocenters. The lowest BCUT2D eigenvalue weighted by atomic mass is 10.2. The van der Waals surface area contributed by atoms with E-state index in [2.05, 4.69) is 38.2 Å². The Morgan fingerprint density at radius 1 is 1.09 bits per heavy atom. The molecule has 0 spiro atoms. The van der Waals surface area contributed by atoms with Crippen LogP contribution in [0, 0.1) is 0 Å². The Kier molecular flexibility index (Phi) is 1.89. The highest BCUT2D eigenvalue weighted by molar-refractivity contribution is 7.62. The van der Waals surface area contributed by atoms with Crippen LogP contribution in [0.1, 0.15) is 20.3 Å². The largest absolute Gasteiger partial charge is 0.0898 e. The van der Waals surface area contributed by atoms with Gasteiger partial charge in [0.05, 0.1) is 0 Å². The minimum absolute atomic E-state index is 0.305. The van der Waals surface area contributed by atoms with Gasteiger partial charge in [-0.25, -0.2) is 0 Å². The molecule has 0 aromatic rings. The predicted octanol–water partition coefficient (Wildman–Crippen LogP) is 3.14.